The lowest BCUT2D eigenvalue weighted by Gasteiger charge is -2.29. The van der Waals surface area contributed by atoms with Crippen molar-refractivity contribution < 1.29 is 9.53 Å². The average Bonchev–Trinajstić information content (AvgIpc) is 2.91. The Labute approximate surface area is 120 Å². The van der Waals surface area contributed by atoms with Crippen molar-refractivity contribution in [3.8, 4) is 5.75 Å². The van der Waals surface area contributed by atoms with Gasteiger partial charge in [0.25, 0.3) is 0 Å². The van der Waals surface area contributed by atoms with Gasteiger partial charge >= 0.3 is 0 Å². The molecule has 0 aliphatic carbocycles. The predicted octanol–water partition coefficient (Wildman–Crippen LogP) is 1.62. The molecule has 0 saturated carbocycles. The van der Waals surface area contributed by atoms with E-state index in [1.165, 1.54) is 12.8 Å². The minimum atomic E-state index is -0.132. The lowest BCUT2D eigenvalue weighted by molar-refractivity contribution is -0.132. The molecule has 1 amide bonds. The number of hydrogen-bond acceptors (Lipinski definition) is 3. The second kappa shape index (κ2) is 5.83. The first-order valence-corrected chi connectivity index (χ1v) is 7.43. The number of amides is 1. The van der Waals surface area contributed by atoms with E-state index >= 15 is 0 Å². The lowest BCUT2D eigenvalue weighted by atomic mass is 9.97. The number of nitrogens with one attached hydrogen (secondary N) is 1. The van der Waals surface area contributed by atoms with Crippen molar-refractivity contribution in [1.82, 2.24) is 10.2 Å². The Morgan fingerprint density at radius 3 is 3.10 bits per heavy atom. The Kier molecular flexibility index (Phi) is 3.92. The number of carbonyl (C=O) groups is 1. The van der Waals surface area contributed by atoms with Crippen LogP contribution in [0.3, 0.4) is 0 Å². The van der Waals surface area contributed by atoms with Gasteiger partial charge in [0, 0.05) is 19.2 Å². The Hall–Kier alpha value is -1.55. The van der Waals surface area contributed by atoms with Gasteiger partial charge in [0.1, 0.15) is 18.3 Å². The van der Waals surface area contributed by atoms with Crippen LogP contribution >= 0.6 is 0 Å². The van der Waals surface area contributed by atoms with Gasteiger partial charge in [-0.15, -0.1) is 0 Å². The minimum Gasteiger partial charge on any atom is -0.492 e. The number of likely N-dealkylation sites (N-methyl/N-ethyl adjacent to an activating group) is 1. The van der Waals surface area contributed by atoms with Crippen LogP contribution in [0.4, 0.5) is 0 Å². The molecule has 2 aliphatic rings. The molecule has 1 N–H and O–H groups in total. The van der Waals surface area contributed by atoms with Gasteiger partial charge in [-0.25, -0.2) is 0 Å². The first-order valence-electron chi connectivity index (χ1n) is 7.43. The molecule has 1 aromatic carbocycles. The molecule has 1 saturated heterocycles. The van der Waals surface area contributed by atoms with Crippen LogP contribution in [0.5, 0.6) is 5.75 Å². The lowest BCUT2D eigenvalue weighted by Crippen LogP contribution is -2.41. The van der Waals surface area contributed by atoms with Gasteiger partial charge in [-0.05, 0) is 37.9 Å². The third kappa shape index (κ3) is 2.66. The van der Waals surface area contributed by atoms with Gasteiger partial charge < -0.3 is 15.0 Å². The first-order chi connectivity index (χ1) is 9.75. The van der Waals surface area contributed by atoms with Crippen LogP contribution in [-0.4, -0.2) is 44.1 Å². The van der Waals surface area contributed by atoms with E-state index in [0.29, 0.717) is 12.5 Å². The zero-order valence-corrected chi connectivity index (χ0v) is 12.0. The normalized spacial score (nSPS) is 24.9. The second-order valence-corrected chi connectivity index (χ2v) is 5.83. The molecule has 0 aromatic heterocycles. The highest BCUT2D eigenvalue weighted by molar-refractivity contribution is 5.85. The first kappa shape index (κ1) is 13.4. The number of rotatable bonds is 3. The summed E-state index contributed by atoms with van der Waals surface area (Å²) in [5.41, 5.74) is 1.03. The molecule has 2 atom stereocenters. The Bertz CT molecular complexity index is 483. The molecule has 2 aliphatic heterocycles. The van der Waals surface area contributed by atoms with E-state index in [9.17, 15) is 4.79 Å². The van der Waals surface area contributed by atoms with Crippen LogP contribution in [0, 0.1) is 5.92 Å². The maximum absolute atomic E-state index is 12.6. The monoisotopic (exact) mass is 274 g/mol. The fourth-order valence-electron chi connectivity index (χ4n) is 3.19. The standard InChI is InChI=1S/C16H22N2O2/c1-18(10-12-5-4-8-17-9-12)16(19)14-11-20-15-7-3-2-6-13(14)15/h2-3,6-7,12,14,17H,4-5,8-11H2,1H3. The number of ether oxygens (including phenoxy) is 1. The third-order valence-corrected chi connectivity index (χ3v) is 4.31. The quantitative estimate of drug-likeness (QED) is 0.910. The summed E-state index contributed by atoms with van der Waals surface area (Å²) in [5, 5.41) is 3.40. The van der Waals surface area contributed by atoms with Gasteiger partial charge in [-0.3, -0.25) is 4.79 Å². The molecule has 20 heavy (non-hydrogen) atoms. The molecule has 4 heteroatoms. The number of benzene rings is 1. The molecule has 108 valence electrons. The molecule has 2 unspecified atom stereocenters. The van der Waals surface area contributed by atoms with Crippen molar-refractivity contribution in [2.24, 2.45) is 5.92 Å². The van der Waals surface area contributed by atoms with Crippen LogP contribution in [0.1, 0.15) is 24.3 Å². The summed E-state index contributed by atoms with van der Waals surface area (Å²) < 4.78 is 5.61. The molecule has 0 bridgehead atoms. The smallest absolute Gasteiger partial charge is 0.233 e. The van der Waals surface area contributed by atoms with Crippen molar-refractivity contribution >= 4 is 5.91 Å². The van der Waals surface area contributed by atoms with Crippen LogP contribution in [0.2, 0.25) is 0 Å². The summed E-state index contributed by atoms with van der Waals surface area (Å²) in [5.74, 6) is 1.49. The molecule has 1 fully saturated rings. The number of carbonyl (C=O) groups excluding carboxylic acids is 1. The maximum atomic E-state index is 12.6. The maximum Gasteiger partial charge on any atom is 0.233 e. The summed E-state index contributed by atoms with van der Waals surface area (Å²) in [6.45, 7) is 3.45. The zero-order chi connectivity index (χ0) is 13.9. The van der Waals surface area contributed by atoms with E-state index in [4.69, 9.17) is 4.74 Å². The summed E-state index contributed by atoms with van der Waals surface area (Å²) >= 11 is 0. The number of hydrogen-bond donors (Lipinski definition) is 1. The molecular formula is C16H22N2O2. The van der Waals surface area contributed by atoms with Gasteiger partial charge in [0.05, 0.1) is 0 Å². The fourth-order valence-corrected chi connectivity index (χ4v) is 3.19. The molecule has 1 aromatic rings. The molecule has 4 nitrogen and oxygen atoms in total. The number of para-hydroxylation sites is 1. The molecule has 2 heterocycles. The Morgan fingerprint density at radius 2 is 2.30 bits per heavy atom. The van der Waals surface area contributed by atoms with E-state index in [-0.39, 0.29) is 11.8 Å². The largest absolute Gasteiger partial charge is 0.492 e. The van der Waals surface area contributed by atoms with Crippen molar-refractivity contribution in [1.29, 1.82) is 0 Å². The third-order valence-electron chi connectivity index (χ3n) is 4.31. The van der Waals surface area contributed by atoms with Crippen molar-refractivity contribution in [3.63, 3.8) is 0 Å². The van der Waals surface area contributed by atoms with Gasteiger partial charge in [-0.1, -0.05) is 18.2 Å². The fraction of sp³-hybridized carbons (Fsp3) is 0.562. The van der Waals surface area contributed by atoms with Crippen LogP contribution in [0.15, 0.2) is 24.3 Å². The average molecular weight is 274 g/mol. The van der Waals surface area contributed by atoms with E-state index in [1.807, 2.05) is 36.2 Å². The van der Waals surface area contributed by atoms with E-state index in [1.54, 1.807) is 0 Å². The zero-order valence-electron chi connectivity index (χ0n) is 12.0. The van der Waals surface area contributed by atoms with Crippen LogP contribution in [-0.2, 0) is 4.79 Å². The molecule has 0 radical (unpaired) electrons. The summed E-state index contributed by atoms with van der Waals surface area (Å²) in [6.07, 6.45) is 2.42. The highest BCUT2D eigenvalue weighted by Crippen LogP contribution is 2.34. The van der Waals surface area contributed by atoms with Crippen molar-refractivity contribution in [2.45, 2.75) is 18.8 Å². The van der Waals surface area contributed by atoms with Crippen molar-refractivity contribution in [2.75, 3.05) is 33.3 Å². The van der Waals surface area contributed by atoms with Gasteiger partial charge in [0.15, 0.2) is 0 Å². The number of nitrogens with zero attached hydrogens (tertiary/aromatic N) is 1. The highest BCUT2D eigenvalue weighted by atomic mass is 16.5. The summed E-state index contributed by atoms with van der Waals surface area (Å²) in [6, 6.07) is 7.86. The highest BCUT2D eigenvalue weighted by Gasteiger charge is 2.32. The van der Waals surface area contributed by atoms with E-state index in [0.717, 1.165) is 30.9 Å². The predicted molar refractivity (Wildman–Crippen MR) is 77.9 cm³/mol. The minimum absolute atomic E-state index is 0.132. The van der Waals surface area contributed by atoms with E-state index in [2.05, 4.69) is 5.32 Å². The second-order valence-electron chi connectivity index (χ2n) is 5.83. The van der Waals surface area contributed by atoms with Crippen LogP contribution in [0.25, 0.3) is 0 Å². The molecular weight excluding hydrogens is 252 g/mol. The SMILES string of the molecule is CN(CC1CCCNC1)C(=O)C1COc2ccccc21. The topological polar surface area (TPSA) is 41.6 Å². The number of fused-ring (bicyclic) bond motifs is 1. The Balaban J connectivity index is 1.64. The Morgan fingerprint density at radius 1 is 1.45 bits per heavy atom. The van der Waals surface area contributed by atoms with E-state index < -0.39 is 0 Å². The number of piperidine rings is 1. The van der Waals surface area contributed by atoms with Gasteiger partial charge in [0.2, 0.25) is 5.91 Å². The molecule has 3 rings (SSSR count). The van der Waals surface area contributed by atoms with Crippen LogP contribution < -0.4 is 10.1 Å². The van der Waals surface area contributed by atoms with Crippen molar-refractivity contribution in [3.05, 3.63) is 29.8 Å². The molecule has 0 spiro atoms. The van der Waals surface area contributed by atoms with Gasteiger partial charge in [-0.2, -0.15) is 0 Å². The summed E-state index contributed by atoms with van der Waals surface area (Å²) in [4.78, 5) is 14.5. The summed E-state index contributed by atoms with van der Waals surface area (Å²) in [7, 11) is 1.91.